The van der Waals surface area contributed by atoms with Crippen molar-refractivity contribution in [2.75, 3.05) is 5.32 Å². The quantitative estimate of drug-likeness (QED) is 0.909. The Hall–Kier alpha value is -2.29. The van der Waals surface area contributed by atoms with E-state index in [1.807, 2.05) is 61.5 Å². The zero-order chi connectivity index (χ0) is 13.7. The van der Waals surface area contributed by atoms with E-state index in [4.69, 9.17) is 4.74 Å². The first-order valence-corrected chi connectivity index (χ1v) is 6.25. The highest BCUT2D eigenvalue weighted by atomic mass is 16.5. The van der Waals surface area contributed by atoms with E-state index in [9.17, 15) is 4.79 Å². The number of anilines is 1. The number of carbonyl (C=O) groups excluding carboxylic acids is 1. The largest absolute Gasteiger partial charge is 0.481 e. The van der Waals surface area contributed by atoms with Crippen molar-refractivity contribution in [2.24, 2.45) is 0 Å². The lowest BCUT2D eigenvalue weighted by atomic mass is 10.2. The number of aryl methyl sites for hydroxylation is 1. The number of ether oxygens (including phenoxy) is 1. The molecule has 1 amide bonds. The molecule has 0 aromatic heterocycles. The second-order valence-corrected chi connectivity index (χ2v) is 4.38. The standard InChI is InChI=1S/C16H17NO2/c1-12-8-6-7-11-15(12)19-13(2)16(18)17-14-9-4-3-5-10-14/h3-11,13H,1-2H3,(H,17,18)/t13-/m1/s1. The van der Waals surface area contributed by atoms with E-state index in [1.54, 1.807) is 6.92 Å². The predicted octanol–water partition coefficient (Wildman–Crippen LogP) is 3.40. The molecular weight excluding hydrogens is 238 g/mol. The van der Waals surface area contributed by atoms with Crippen molar-refractivity contribution in [1.29, 1.82) is 0 Å². The van der Waals surface area contributed by atoms with Crippen molar-refractivity contribution >= 4 is 11.6 Å². The third kappa shape index (κ3) is 3.58. The summed E-state index contributed by atoms with van der Waals surface area (Å²) in [6, 6.07) is 17.0. The number of benzene rings is 2. The van der Waals surface area contributed by atoms with E-state index < -0.39 is 6.10 Å². The molecule has 98 valence electrons. The Labute approximate surface area is 113 Å². The monoisotopic (exact) mass is 255 g/mol. The van der Waals surface area contributed by atoms with Crippen LogP contribution in [0.4, 0.5) is 5.69 Å². The molecule has 0 spiro atoms. The molecule has 2 aromatic rings. The summed E-state index contributed by atoms with van der Waals surface area (Å²) < 4.78 is 5.67. The minimum Gasteiger partial charge on any atom is -0.481 e. The SMILES string of the molecule is Cc1ccccc1O[C@H](C)C(=O)Nc1ccccc1. The van der Waals surface area contributed by atoms with E-state index in [-0.39, 0.29) is 5.91 Å². The lowest BCUT2D eigenvalue weighted by Crippen LogP contribution is -2.30. The molecular formula is C16H17NO2. The molecule has 1 atom stereocenters. The summed E-state index contributed by atoms with van der Waals surface area (Å²) in [7, 11) is 0. The fourth-order valence-corrected chi connectivity index (χ4v) is 1.70. The summed E-state index contributed by atoms with van der Waals surface area (Å²) in [5.74, 6) is 0.577. The van der Waals surface area contributed by atoms with Crippen molar-refractivity contribution in [2.45, 2.75) is 20.0 Å². The van der Waals surface area contributed by atoms with Gasteiger partial charge in [-0.2, -0.15) is 0 Å². The van der Waals surface area contributed by atoms with Gasteiger partial charge in [-0.25, -0.2) is 0 Å². The van der Waals surface area contributed by atoms with E-state index in [0.29, 0.717) is 0 Å². The van der Waals surface area contributed by atoms with E-state index >= 15 is 0 Å². The first kappa shape index (κ1) is 13.1. The molecule has 0 aliphatic carbocycles. The molecule has 0 unspecified atom stereocenters. The average Bonchev–Trinajstić information content (AvgIpc) is 2.42. The van der Waals surface area contributed by atoms with Gasteiger partial charge in [0.2, 0.25) is 0 Å². The summed E-state index contributed by atoms with van der Waals surface area (Å²) in [4.78, 5) is 12.0. The molecule has 0 saturated heterocycles. The smallest absolute Gasteiger partial charge is 0.265 e. The summed E-state index contributed by atoms with van der Waals surface area (Å²) >= 11 is 0. The number of hydrogen-bond acceptors (Lipinski definition) is 2. The van der Waals surface area contributed by atoms with Crippen LogP contribution >= 0.6 is 0 Å². The third-order valence-corrected chi connectivity index (χ3v) is 2.81. The Morgan fingerprint density at radius 2 is 1.68 bits per heavy atom. The first-order valence-electron chi connectivity index (χ1n) is 6.25. The Kier molecular flexibility index (Phi) is 4.18. The Morgan fingerprint density at radius 3 is 2.37 bits per heavy atom. The highest BCUT2D eigenvalue weighted by molar-refractivity contribution is 5.94. The second kappa shape index (κ2) is 6.05. The van der Waals surface area contributed by atoms with E-state index in [0.717, 1.165) is 17.0 Å². The summed E-state index contributed by atoms with van der Waals surface area (Å²) in [6.07, 6.45) is -0.540. The molecule has 3 heteroatoms. The van der Waals surface area contributed by atoms with Gasteiger partial charge >= 0.3 is 0 Å². The molecule has 0 saturated carbocycles. The van der Waals surface area contributed by atoms with Gasteiger partial charge in [0, 0.05) is 5.69 Å². The van der Waals surface area contributed by atoms with Crippen LogP contribution in [0.15, 0.2) is 54.6 Å². The molecule has 2 aromatic carbocycles. The van der Waals surface area contributed by atoms with Crippen LogP contribution in [0, 0.1) is 6.92 Å². The van der Waals surface area contributed by atoms with Gasteiger partial charge in [-0.3, -0.25) is 4.79 Å². The van der Waals surface area contributed by atoms with Crippen molar-refractivity contribution in [3.8, 4) is 5.75 Å². The van der Waals surface area contributed by atoms with Gasteiger partial charge in [-0.05, 0) is 37.6 Å². The van der Waals surface area contributed by atoms with Gasteiger partial charge in [-0.15, -0.1) is 0 Å². The normalized spacial score (nSPS) is 11.7. The first-order chi connectivity index (χ1) is 9.16. The van der Waals surface area contributed by atoms with Crippen LogP contribution in [-0.4, -0.2) is 12.0 Å². The summed E-state index contributed by atoms with van der Waals surface area (Å²) in [6.45, 7) is 3.70. The second-order valence-electron chi connectivity index (χ2n) is 4.38. The number of rotatable bonds is 4. The number of nitrogens with one attached hydrogen (secondary N) is 1. The van der Waals surface area contributed by atoms with Crippen molar-refractivity contribution < 1.29 is 9.53 Å². The molecule has 0 aliphatic rings. The van der Waals surface area contributed by atoms with Crippen LogP contribution in [0.25, 0.3) is 0 Å². The highest BCUT2D eigenvalue weighted by Crippen LogP contribution is 2.18. The van der Waals surface area contributed by atoms with Crippen LogP contribution in [0.1, 0.15) is 12.5 Å². The van der Waals surface area contributed by atoms with Crippen LogP contribution < -0.4 is 10.1 Å². The molecule has 1 N–H and O–H groups in total. The van der Waals surface area contributed by atoms with Crippen LogP contribution in [0.2, 0.25) is 0 Å². The minimum atomic E-state index is -0.540. The van der Waals surface area contributed by atoms with Gasteiger partial charge in [0.1, 0.15) is 5.75 Å². The molecule has 2 rings (SSSR count). The summed E-state index contributed by atoms with van der Waals surface area (Å²) in [5.41, 5.74) is 1.79. The van der Waals surface area contributed by atoms with Crippen LogP contribution in [0.5, 0.6) is 5.75 Å². The molecule has 0 bridgehead atoms. The third-order valence-electron chi connectivity index (χ3n) is 2.81. The van der Waals surface area contributed by atoms with Gasteiger partial charge in [0.05, 0.1) is 0 Å². The maximum atomic E-state index is 12.0. The van der Waals surface area contributed by atoms with Crippen molar-refractivity contribution in [3.05, 3.63) is 60.2 Å². The fraction of sp³-hybridized carbons (Fsp3) is 0.188. The van der Waals surface area contributed by atoms with Crippen LogP contribution in [0.3, 0.4) is 0 Å². The minimum absolute atomic E-state index is 0.158. The molecule has 0 radical (unpaired) electrons. The molecule has 3 nitrogen and oxygen atoms in total. The zero-order valence-electron chi connectivity index (χ0n) is 11.1. The van der Waals surface area contributed by atoms with Gasteiger partial charge in [0.15, 0.2) is 6.10 Å². The average molecular weight is 255 g/mol. The van der Waals surface area contributed by atoms with E-state index in [2.05, 4.69) is 5.32 Å². The molecule has 0 heterocycles. The van der Waals surface area contributed by atoms with Gasteiger partial charge < -0.3 is 10.1 Å². The highest BCUT2D eigenvalue weighted by Gasteiger charge is 2.15. The zero-order valence-corrected chi connectivity index (χ0v) is 11.1. The van der Waals surface area contributed by atoms with E-state index in [1.165, 1.54) is 0 Å². The van der Waals surface area contributed by atoms with Gasteiger partial charge in [-0.1, -0.05) is 36.4 Å². The molecule has 19 heavy (non-hydrogen) atoms. The fourth-order valence-electron chi connectivity index (χ4n) is 1.70. The topological polar surface area (TPSA) is 38.3 Å². The maximum Gasteiger partial charge on any atom is 0.265 e. The number of hydrogen-bond donors (Lipinski definition) is 1. The van der Waals surface area contributed by atoms with Crippen molar-refractivity contribution in [3.63, 3.8) is 0 Å². The Bertz CT molecular complexity index is 552. The van der Waals surface area contributed by atoms with Crippen molar-refractivity contribution in [1.82, 2.24) is 0 Å². The number of para-hydroxylation sites is 2. The summed E-state index contributed by atoms with van der Waals surface area (Å²) in [5, 5.41) is 2.82. The lowest BCUT2D eigenvalue weighted by Gasteiger charge is -2.16. The van der Waals surface area contributed by atoms with Gasteiger partial charge in [0.25, 0.3) is 5.91 Å². The molecule has 0 aliphatic heterocycles. The van der Waals surface area contributed by atoms with Crippen LogP contribution in [-0.2, 0) is 4.79 Å². The number of amides is 1. The molecule has 0 fully saturated rings. The lowest BCUT2D eigenvalue weighted by molar-refractivity contribution is -0.122. The maximum absolute atomic E-state index is 12.0. The Morgan fingerprint density at radius 1 is 1.05 bits per heavy atom. The Balaban J connectivity index is 1.98. The number of carbonyl (C=O) groups is 1. The predicted molar refractivity (Wildman–Crippen MR) is 76.3 cm³/mol.